The SMILES string of the molecule is NC(Cc1ccccc1Cl)Cc1ccncc1Cl. The van der Waals surface area contributed by atoms with E-state index < -0.39 is 0 Å². The summed E-state index contributed by atoms with van der Waals surface area (Å²) in [6.07, 6.45) is 4.81. The number of nitrogens with zero attached hydrogens (tertiary/aromatic N) is 1. The zero-order valence-corrected chi connectivity index (χ0v) is 11.3. The highest BCUT2D eigenvalue weighted by molar-refractivity contribution is 6.31. The summed E-state index contributed by atoms with van der Waals surface area (Å²) < 4.78 is 0. The fourth-order valence-corrected chi connectivity index (χ4v) is 2.28. The number of pyridine rings is 1. The van der Waals surface area contributed by atoms with Gasteiger partial charge in [0.05, 0.1) is 5.02 Å². The van der Waals surface area contributed by atoms with Gasteiger partial charge in [0.15, 0.2) is 0 Å². The summed E-state index contributed by atoms with van der Waals surface area (Å²) in [7, 11) is 0. The van der Waals surface area contributed by atoms with E-state index in [0.717, 1.165) is 22.6 Å². The summed E-state index contributed by atoms with van der Waals surface area (Å²) in [6, 6.07) is 9.64. The number of hydrogen-bond donors (Lipinski definition) is 1. The van der Waals surface area contributed by atoms with Crippen LogP contribution in [0.25, 0.3) is 0 Å². The van der Waals surface area contributed by atoms with E-state index in [9.17, 15) is 0 Å². The van der Waals surface area contributed by atoms with Crippen molar-refractivity contribution in [2.75, 3.05) is 0 Å². The maximum atomic E-state index is 6.14. The summed E-state index contributed by atoms with van der Waals surface area (Å²) in [5, 5.41) is 1.42. The first-order valence-corrected chi connectivity index (χ1v) is 6.50. The van der Waals surface area contributed by atoms with E-state index in [-0.39, 0.29) is 6.04 Å². The molecule has 0 aliphatic heterocycles. The van der Waals surface area contributed by atoms with Crippen LogP contribution < -0.4 is 5.73 Å². The van der Waals surface area contributed by atoms with Crippen molar-refractivity contribution in [1.29, 1.82) is 0 Å². The molecule has 1 atom stereocenters. The third-order valence-electron chi connectivity index (χ3n) is 2.78. The topological polar surface area (TPSA) is 38.9 Å². The third kappa shape index (κ3) is 3.45. The minimum Gasteiger partial charge on any atom is -0.327 e. The second-order valence-electron chi connectivity index (χ2n) is 4.23. The Morgan fingerprint density at radius 2 is 1.67 bits per heavy atom. The van der Waals surface area contributed by atoms with Crippen LogP contribution in [0, 0.1) is 0 Å². The van der Waals surface area contributed by atoms with Gasteiger partial charge in [0.1, 0.15) is 0 Å². The summed E-state index contributed by atoms with van der Waals surface area (Å²) in [6.45, 7) is 0. The van der Waals surface area contributed by atoms with Crippen LogP contribution in [0.15, 0.2) is 42.7 Å². The van der Waals surface area contributed by atoms with Gasteiger partial charge >= 0.3 is 0 Å². The average Bonchev–Trinajstić information content (AvgIpc) is 2.35. The molecule has 1 heterocycles. The molecule has 2 N–H and O–H groups in total. The number of hydrogen-bond acceptors (Lipinski definition) is 2. The molecule has 2 nitrogen and oxygen atoms in total. The summed E-state index contributed by atoms with van der Waals surface area (Å²) >= 11 is 12.2. The van der Waals surface area contributed by atoms with Crippen LogP contribution in [0.4, 0.5) is 0 Å². The fourth-order valence-electron chi connectivity index (χ4n) is 1.87. The number of halogens is 2. The Balaban J connectivity index is 2.04. The van der Waals surface area contributed by atoms with Gasteiger partial charge < -0.3 is 5.73 Å². The zero-order valence-electron chi connectivity index (χ0n) is 9.81. The van der Waals surface area contributed by atoms with E-state index in [1.54, 1.807) is 12.4 Å². The van der Waals surface area contributed by atoms with Gasteiger partial charge in [0.2, 0.25) is 0 Å². The van der Waals surface area contributed by atoms with Crippen LogP contribution in [0.1, 0.15) is 11.1 Å². The lowest BCUT2D eigenvalue weighted by molar-refractivity contribution is 0.664. The predicted molar refractivity (Wildman–Crippen MR) is 76.1 cm³/mol. The number of nitrogens with two attached hydrogens (primary N) is 1. The lowest BCUT2D eigenvalue weighted by atomic mass is 10.0. The van der Waals surface area contributed by atoms with Gasteiger partial charge in [-0.15, -0.1) is 0 Å². The Morgan fingerprint density at radius 3 is 2.33 bits per heavy atom. The molecular weight excluding hydrogens is 267 g/mol. The van der Waals surface area contributed by atoms with Crippen LogP contribution in [-0.2, 0) is 12.8 Å². The lowest BCUT2D eigenvalue weighted by Gasteiger charge is -2.13. The number of aromatic nitrogens is 1. The van der Waals surface area contributed by atoms with E-state index in [1.807, 2.05) is 30.3 Å². The minimum absolute atomic E-state index is 0.00944. The van der Waals surface area contributed by atoms with Gasteiger partial charge in [-0.1, -0.05) is 41.4 Å². The first kappa shape index (κ1) is 13.3. The van der Waals surface area contributed by atoms with Crippen molar-refractivity contribution in [1.82, 2.24) is 4.98 Å². The Hall–Kier alpha value is -1.09. The number of benzene rings is 1. The van der Waals surface area contributed by atoms with E-state index in [2.05, 4.69) is 4.98 Å². The molecule has 0 aliphatic rings. The van der Waals surface area contributed by atoms with Crippen molar-refractivity contribution in [3.63, 3.8) is 0 Å². The first-order chi connectivity index (χ1) is 8.66. The van der Waals surface area contributed by atoms with Crippen molar-refractivity contribution in [3.8, 4) is 0 Å². The summed E-state index contributed by atoms with van der Waals surface area (Å²) in [5.41, 5.74) is 8.22. The smallest absolute Gasteiger partial charge is 0.0621 e. The molecule has 0 saturated carbocycles. The van der Waals surface area contributed by atoms with E-state index in [0.29, 0.717) is 11.4 Å². The maximum absolute atomic E-state index is 6.14. The highest BCUT2D eigenvalue weighted by Gasteiger charge is 2.09. The fraction of sp³-hybridized carbons (Fsp3) is 0.214. The molecule has 0 spiro atoms. The molecule has 0 bridgehead atoms. The van der Waals surface area contributed by atoms with Crippen molar-refractivity contribution in [2.24, 2.45) is 5.73 Å². The van der Waals surface area contributed by atoms with Crippen molar-refractivity contribution < 1.29 is 0 Å². The molecule has 1 aromatic heterocycles. The average molecular weight is 281 g/mol. The molecule has 0 saturated heterocycles. The monoisotopic (exact) mass is 280 g/mol. The second-order valence-corrected chi connectivity index (χ2v) is 5.04. The standard InChI is InChI=1S/C14H14Cl2N2/c15-13-4-2-1-3-10(13)7-12(17)8-11-5-6-18-9-14(11)16/h1-6,9,12H,7-8,17H2. The van der Waals surface area contributed by atoms with Gasteiger partial charge in [0.25, 0.3) is 0 Å². The molecule has 94 valence electrons. The molecule has 0 radical (unpaired) electrons. The molecule has 2 aromatic rings. The molecule has 0 aliphatic carbocycles. The van der Waals surface area contributed by atoms with Gasteiger partial charge in [0, 0.05) is 23.5 Å². The minimum atomic E-state index is -0.00944. The van der Waals surface area contributed by atoms with Crippen LogP contribution in [0.3, 0.4) is 0 Å². The molecule has 2 rings (SSSR count). The van der Waals surface area contributed by atoms with Crippen LogP contribution >= 0.6 is 23.2 Å². The molecular formula is C14H14Cl2N2. The van der Waals surface area contributed by atoms with E-state index >= 15 is 0 Å². The first-order valence-electron chi connectivity index (χ1n) is 5.74. The molecule has 1 aromatic carbocycles. The van der Waals surface area contributed by atoms with Crippen LogP contribution in [-0.4, -0.2) is 11.0 Å². The highest BCUT2D eigenvalue weighted by Crippen LogP contribution is 2.19. The second kappa shape index (κ2) is 6.19. The Kier molecular flexibility index (Phi) is 4.59. The molecule has 0 amide bonds. The van der Waals surface area contributed by atoms with Crippen LogP contribution in [0.2, 0.25) is 10.0 Å². The van der Waals surface area contributed by atoms with Gasteiger partial charge in [-0.25, -0.2) is 0 Å². The number of rotatable bonds is 4. The Bertz CT molecular complexity index is 481. The van der Waals surface area contributed by atoms with Crippen molar-refractivity contribution >= 4 is 23.2 Å². The van der Waals surface area contributed by atoms with Gasteiger partial charge in [-0.3, -0.25) is 4.98 Å². The van der Waals surface area contributed by atoms with Crippen molar-refractivity contribution in [2.45, 2.75) is 18.9 Å². The largest absolute Gasteiger partial charge is 0.327 e. The third-order valence-corrected chi connectivity index (χ3v) is 3.49. The molecule has 0 fully saturated rings. The van der Waals surface area contributed by atoms with Crippen molar-refractivity contribution in [3.05, 3.63) is 63.9 Å². The van der Waals surface area contributed by atoms with Gasteiger partial charge in [-0.05, 0) is 36.1 Å². The molecule has 18 heavy (non-hydrogen) atoms. The summed E-state index contributed by atoms with van der Waals surface area (Å²) in [4.78, 5) is 3.96. The quantitative estimate of drug-likeness (QED) is 0.931. The van der Waals surface area contributed by atoms with E-state index in [1.165, 1.54) is 0 Å². The normalized spacial score (nSPS) is 12.4. The lowest BCUT2D eigenvalue weighted by Crippen LogP contribution is -2.25. The zero-order chi connectivity index (χ0) is 13.0. The highest BCUT2D eigenvalue weighted by atomic mass is 35.5. The predicted octanol–water partition coefficient (Wildman–Crippen LogP) is 3.50. The molecule has 4 heteroatoms. The maximum Gasteiger partial charge on any atom is 0.0621 e. The Labute approximate surface area is 117 Å². The summed E-state index contributed by atoms with van der Waals surface area (Å²) in [5.74, 6) is 0. The van der Waals surface area contributed by atoms with E-state index in [4.69, 9.17) is 28.9 Å². The van der Waals surface area contributed by atoms with Crippen LogP contribution in [0.5, 0.6) is 0 Å². The van der Waals surface area contributed by atoms with Gasteiger partial charge in [-0.2, -0.15) is 0 Å². The Morgan fingerprint density at radius 1 is 1.00 bits per heavy atom. The molecule has 1 unspecified atom stereocenters.